The van der Waals surface area contributed by atoms with E-state index in [4.69, 9.17) is 16.7 Å². The van der Waals surface area contributed by atoms with Crippen LogP contribution in [0, 0.1) is 5.92 Å². The van der Waals surface area contributed by atoms with Gasteiger partial charge >= 0.3 is 5.97 Å². The Kier molecular flexibility index (Phi) is 2.84. The Labute approximate surface area is 53.5 Å². The summed E-state index contributed by atoms with van der Waals surface area (Å²) in [6, 6.07) is 0. The largest absolute Gasteiger partial charge is 0.480 e. The number of halogens is 1. The van der Waals surface area contributed by atoms with E-state index in [0.717, 1.165) is 0 Å². The summed E-state index contributed by atoms with van der Waals surface area (Å²) in [5.74, 6) is -0.934. The number of hydrogen-bond donors (Lipinski definition) is 1. The normalized spacial score (nSPS) is 14.0. The summed E-state index contributed by atoms with van der Waals surface area (Å²) in [4.78, 5) is 10.0. The minimum absolute atomic E-state index is 0.00849. The summed E-state index contributed by atoms with van der Waals surface area (Å²) in [5.41, 5.74) is 0. The number of alkyl halides is 1. The molecule has 0 heterocycles. The highest BCUT2D eigenvalue weighted by Crippen LogP contribution is 2.08. The van der Waals surface area contributed by atoms with Crippen LogP contribution in [0.1, 0.15) is 13.8 Å². The molecule has 0 saturated heterocycles. The first-order valence-corrected chi connectivity index (χ1v) is 2.86. The Morgan fingerprint density at radius 3 is 2.00 bits per heavy atom. The van der Waals surface area contributed by atoms with Crippen LogP contribution in [0.5, 0.6) is 0 Å². The summed E-state index contributed by atoms with van der Waals surface area (Å²) >= 11 is 5.35. The Hall–Kier alpha value is -0.240. The molecule has 3 heteroatoms. The molecule has 0 aliphatic heterocycles. The maximum Gasteiger partial charge on any atom is 0.321 e. The van der Waals surface area contributed by atoms with Crippen molar-refractivity contribution in [3.05, 3.63) is 0 Å². The van der Waals surface area contributed by atoms with Crippen LogP contribution in [0.25, 0.3) is 0 Å². The van der Waals surface area contributed by atoms with Crippen LogP contribution >= 0.6 is 11.6 Å². The summed E-state index contributed by atoms with van der Waals surface area (Å²) < 4.78 is 0. The lowest BCUT2D eigenvalue weighted by molar-refractivity contribution is -0.137. The van der Waals surface area contributed by atoms with Crippen molar-refractivity contribution in [3.8, 4) is 0 Å². The van der Waals surface area contributed by atoms with Crippen molar-refractivity contribution in [1.29, 1.82) is 0 Å². The van der Waals surface area contributed by atoms with Crippen molar-refractivity contribution < 1.29 is 9.90 Å². The maximum absolute atomic E-state index is 10.0. The smallest absolute Gasteiger partial charge is 0.321 e. The third-order valence-electron chi connectivity index (χ3n) is 0.821. The van der Waals surface area contributed by atoms with Gasteiger partial charge in [-0.3, -0.25) is 4.79 Å². The molecule has 1 atom stereocenters. The molecule has 0 amide bonds. The van der Waals surface area contributed by atoms with Gasteiger partial charge < -0.3 is 5.11 Å². The van der Waals surface area contributed by atoms with E-state index >= 15 is 0 Å². The van der Waals surface area contributed by atoms with Crippen molar-refractivity contribution >= 4 is 17.6 Å². The number of aliphatic carboxylic acids is 1. The molecule has 0 aliphatic carbocycles. The van der Waals surface area contributed by atoms with Gasteiger partial charge in [-0.15, -0.1) is 11.6 Å². The molecule has 0 rings (SSSR count). The average molecular weight is 137 g/mol. The first-order chi connectivity index (χ1) is 3.55. The second-order valence-electron chi connectivity index (χ2n) is 1.98. The van der Waals surface area contributed by atoms with E-state index in [-0.39, 0.29) is 5.92 Å². The molecule has 0 spiro atoms. The van der Waals surface area contributed by atoms with Crippen LogP contribution in [0.2, 0.25) is 0 Å². The zero-order chi connectivity index (χ0) is 6.73. The highest BCUT2D eigenvalue weighted by atomic mass is 35.5. The Morgan fingerprint density at radius 1 is 1.62 bits per heavy atom. The molecular weight excluding hydrogens is 128 g/mol. The van der Waals surface area contributed by atoms with E-state index < -0.39 is 11.3 Å². The second kappa shape index (κ2) is 2.92. The minimum atomic E-state index is -0.943. The van der Waals surface area contributed by atoms with Crippen LogP contribution in [0.4, 0.5) is 0 Å². The predicted molar refractivity (Wildman–Crippen MR) is 32.1 cm³/mol. The maximum atomic E-state index is 10.0. The third kappa shape index (κ3) is 2.17. The van der Waals surface area contributed by atoms with Crippen LogP contribution in [0.3, 0.4) is 0 Å². The minimum Gasteiger partial charge on any atom is -0.480 e. The lowest BCUT2D eigenvalue weighted by Gasteiger charge is -2.05. The van der Waals surface area contributed by atoms with E-state index in [1.807, 2.05) is 0 Å². The zero-order valence-electron chi connectivity index (χ0n) is 4.89. The quantitative estimate of drug-likeness (QED) is 0.582. The molecule has 0 bridgehead atoms. The topological polar surface area (TPSA) is 37.3 Å². The molecule has 0 aromatic rings. The van der Waals surface area contributed by atoms with Crippen molar-refractivity contribution in [2.45, 2.75) is 19.2 Å². The van der Waals surface area contributed by atoms with Gasteiger partial charge in [0.1, 0.15) is 5.38 Å². The molecule has 0 aliphatic rings. The average Bonchev–Trinajstić information content (AvgIpc) is 1.64. The fraction of sp³-hybridized carbons (Fsp3) is 0.800. The standard InChI is InChI=1S/C5H9ClO2/c1-3(2)4(6)5(7)8/h3-4H,1-2H3,(H,7,8)/t4-/m1/s1. The van der Waals surface area contributed by atoms with Gasteiger partial charge in [0.05, 0.1) is 0 Å². The van der Waals surface area contributed by atoms with E-state index in [1.54, 1.807) is 13.8 Å². The monoisotopic (exact) mass is 136 g/mol. The molecule has 8 heavy (non-hydrogen) atoms. The lowest BCUT2D eigenvalue weighted by Crippen LogP contribution is -2.19. The molecule has 0 aromatic heterocycles. The highest BCUT2D eigenvalue weighted by molar-refractivity contribution is 6.29. The summed E-state index contributed by atoms with van der Waals surface area (Å²) in [5, 5.41) is 7.48. The predicted octanol–water partition coefficient (Wildman–Crippen LogP) is 1.33. The van der Waals surface area contributed by atoms with Gasteiger partial charge in [0.25, 0.3) is 0 Å². The SMILES string of the molecule is CC(C)[C@@H](Cl)C(=O)O. The van der Waals surface area contributed by atoms with Gasteiger partial charge in [0.15, 0.2) is 0 Å². The van der Waals surface area contributed by atoms with E-state index in [2.05, 4.69) is 0 Å². The number of hydrogen-bond acceptors (Lipinski definition) is 1. The molecule has 2 nitrogen and oxygen atoms in total. The highest BCUT2D eigenvalue weighted by Gasteiger charge is 2.16. The third-order valence-corrected chi connectivity index (χ3v) is 1.51. The first-order valence-electron chi connectivity index (χ1n) is 2.42. The first kappa shape index (κ1) is 7.76. The lowest BCUT2D eigenvalue weighted by atomic mass is 10.1. The summed E-state index contributed by atoms with van der Waals surface area (Å²) in [7, 11) is 0. The van der Waals surface area contributed by atoms with Crippen molar-refractivity contribution in [1.82, 2.24) is 0 Å². The van der Waals surface area contributed by atoms with Crippen molar-refractivity contribution in [2.75, 3.05) is 0 Å². The summed E-state index contributed by atoms with van der Waals surface area (Å²) in [6.07, 6.45) is 0. The van der Waals surface area contributed by atoms with Gasteiger partial charge in [0.2, 0.25) is 0 Å². The Balaban J connectivity index is 3.64. The number of carboxylic acids is 1. The Morgan fingerprint density at radius 2 is 2.00 bits per heavy atom. The fourth-order valence-electron chi connectivity index (χ4n) is 0.285. The zero-order valence-corrected chi connectivity index (χ0v) is 5.64. The molecule has 48 valence electrons. The number of carboxylic acid groups (broad SMARTS) is 1. The van der Waals surface area contributed by atoms with E-state index in [0.29, 0.717) is 0 Å². The van der Waals surface area contributed by atoms with Gasteiger partial charge in [-0.1, -0.05) is 13.8 Å². The van der Waals surface area contributed by atoms with Crippen molar-refractivity contribution in [3.63, 3.8) is 0 Å². The molecule has 0 fully saturated rings. The Bertz CT molecular complexity index is 90.4. The van der Waals surface area contributed by atoms with E-state index in [1.165, 1.54) is 0 Å². The number of carbonyl (C=O) groups is 1. The van der Waals surface area contributed by atoms with Crippen LogP contribution < -0.4 is 0 Å². The molecule has 0 unspecified atom stereocenters. The van der Waals surface area contributed by atoms with Gasteiger partial charge in [-0.05, 0) is 5.92 Å². The molecule has 1 N–H and O–H groups in total. The second-order valence-corrected chi connectivity index (χ2v) is 2.45. The molecule has 0 saturated carbocycles. The van der Waals surface area contributed by atoms with E-state index in [9.17, 15) is 4.79 Å². The van der Waals surface area contributed by atoms with Crippen LogP contribution in [0.15, 0.2) is 0 Å². The van der Waals surface area contributed by atoms with Gasteiger partial charge in [0, 0.05) is 0 Å². The van der Waals surface area contributed by atoms with Crippen LogP contribution in [-0.2, 0) is 4.79 Å². The molecular formula is C5H9ClO2. The van der Waals surface area contributed by atoms with Crippen molar-refractivity contribution in [2.24, 2.45) is 5.92 Å². The van der Waals surface area contributed by atoms with Gasteiger partial charge in [-0.2, -0.15) is 0 Å². The van der Waals surface area contributed by atoms with Crippen LogP contribution in [-0.4, -0.2) is 16.5 Å². The van der Waals surface area contributed by atoms with Gasteiger partial charge in [-0.25, -0.2) is 0 Å². The molecule has 0 radical (unpaired) electrons. The molecule has 0 aromatic carbocycles. The summed E-state index contributed by atoms with van der Waals surface area (Å²) in [6.45, 7) is 3.54. The number of rotatable bonds is 2. The fourth-order valence-corrected chi connectivity index (χ4v) is 0.285.